The second-order valence-electron chi connectivity index (χ2n) is 14.1. The highest BCUT2D eigenvalue weighted by Crippen LogP contribution is 2.52. The Bertz CT molecular complexity index is 2600. The summed E-state index contributed by atoms with van der Waals surface area (Å²) >= 11 is 0. The van der Waals surface area contributed by atoms with E-state index in [0.717, 1.165) is 17.1 Å². The predicted molar refractivity (Wildman–Crippen MR) is 211 cm³/mol. The highest BCUT2D eigenvalue weighted by Gasteiger charge is 2.36. The Balaban J connectivity index is 1.20. The van der Waals surface area contributed by atoms with Gasteiger partial charge in [0.15, 0.2) is 0 Å². The zero-order chi connectivity index (χ0) is 33.4. The maximum absolute atomic E-state index is 2.44. The Kier molecular flexibility index (Phi) is 6.29. The molecular weight excluding hydrogens is 603 g/mol. The minimum Gasteiger partial charge on any atom is -0.310 e. The van der Waals surface area contributed by atoms with Crippen LogP contribution >= 0.6 is 0 Å². The maximum atomic E-state index is 2.44. The highest BCUT2D eigenvalue weighted by atomic mass is 15.1. The van der Waals surface area contributed by atoms with E-state index >= 15 is 0 Å². The number of nitrogens with zero attached hydrogens (tertiary/aromatic N) is 1. The van der Waals surface area contributed by atoms with Crippen LogP contribution in [0.2, 0.25) is 0 Å². The van der Waals surface area contributed by atoms with Gasteiger partial charge in [-0.2, -0.15) is 0 Å². The molecule has 2 aliphatic carbocycles. The van der Waals surface area contributed by atoms with Gasteiger partial charge in [-0.3, -0.25) is 0 Å². The molecule has 2 aliphatic rings. The number of rotatable bonds is 4. The van der Waals surface area contributed by atoms with Gasteiger partial charge in [-0.15, -0.1) is 0 Å². The van der Waals surface area contributed by atoms with E-state index in [1.54, 1.807) is 0 Å². The second kappa shape index (κ2) is 10.9. The van der Waals surface area contributed by atoms with Gasteiger partial charge in [0.25, 0.3) is 0 Å². The average molecular weight is 638 g/mol. The smallest absolute Gasteiger partial charge is 0.0468 e. The lowest BCUT2D eigenvalue weighted by Gasteiger charge is -2.29. The summed E-state index contributed by atoms with van der Waals surface area (Å²) in [4.78, 5) is 2.44. The maximum Gasteiger partial charge on any atom is 0.0468 e. The van der Waals surface area contributed by atoms with Crippen molar-refractivity contribution < 1.29 is 0 Å². The molecule has 0 unspecified atom stereocenters. The summed E-state index contributed by atoms with van der Waals surface area (Å²) in [7, 11) is 0. The van der Waals surface area contributed by atoms with E-state index in [-0.39, 0.29) is 5.41 Å². The van der Waals surface area contributed by atoms with E-state index in [0.29, 0.717) is 0 Å². The molecule has 0 saturated heterocycles. The van der Waals surface area contributed by atoms with Crippen molar-refractivity contribution in [1.29, 1.82) is 0 Å². The molecular formula is C49H35N. The molecule has 0 aromatic heterocycles. The van der Waals surface area contributed by atoms with Gasteiger partial charge in [-0.05, 0) is 114 Å². The molecule has 0 atom stereocenters. The normalized spacial score (nSPS) is 13.2. The number of hydrogen-bond donors (Lipinski definition) is 0. The molecule has 0 fully saturated rings. The van der Waals surface area contributed by atoms with Gasteiger partial charge in [-0.1, -0.05) is 153 Å². The monoisotopic (exact) mass is 637 g/mol. The fourth-order valence-electron chi connectivity index (χ4n) is 8.58. The van der Waals surface area contributed by atoms with Crippen molar-refractivity contribution >= 4 is 27.8 Å². The van der Waals surface area contributed by atoms with Crippen molar-refractivity contribution in [1.82, 2.24) is 0 Å². The Labute approximate surface area is 293 Å². The van der Waals surface area contributed by atoms with Crippen LogP contribution in [0.15, 0.2) is 176 Å². The summed E-state index contributed by atoms with van der Waals surface area (Å²) in [6, 6.07) is 65.0. The molecule has 0 N–H and O–H groups in total. The number of hydrogen-bond acceptors (Lipinski definition) is 1. The van der Waals surface area contributed by atoms with Gasteiger partial charge in [0.05, 0.1) is 0 Å². The second-order valence-corrected chi connectivity index (χ2v) is 14.1. The van der Waals surface area contributed by atoms with Crippen LogP contribution in [0.3, 0.4) is 0 Å². The first-order valence-electron chi connectivity index (χ1n) is 17.5. The lowest BCUT2D eigenvalue weighted by Crippen LogP contribution is -2.16. The number of fused-ring (bicyclic) bond motifs is 8. The minimum absolute atomic E-state index is 0.0956. The zero-order valence-corrected chi connectivity index (χ0v) is 28.2. The van der Waals surface area contributed by atoms with Gasteiger partial charge in [0, 0.05) is 22.5 Å². The van der Waals surface area contributed by atoms with E-state index in [1.165, 1.54) is 77.5 Å². The van der Waals surface area contributed by atoms with Gasteiger partial charge in [0.2, 0.25) is 0 Å². The molecule has 0 radical (unpaired) electrons. The minimum atomic E-state index is -0.0956. The quantitative estimate of drug-likeness (QED) is 0.186. The van der Waals surface area contributed by atoms with Crippen LogP contribution in [0.1, 0.15) is 25.0 Å². The van der Waals surface area contributed by atoms with Crippen LogP contribution < -0.4 is 4.90 Å². The molecule has 236 valence electrons. The standard InChI is InChI=1S/C49H35N/c1-49(2)46-21-9-8-18-41(46)42-29-27-37(31-47(42)49)50(35-24-22-33(23-25-35)32-12-4-3-5-13-32)36-26-28-40-38-16-6-7-17-39(38)43-19-10-14-34-15-11-20-44(48(34)43)45(40)30-36/h3-31H,1-2H3. The highest BCUT2D eigenvalue weighted by molar-refractivity contribution is 6.13. The summed E-state index contributed by atoms with van der Waals surface area (Å²) < 4.78 is 0. The van der Waals surface area contributed by atoms with Crippen LogP contribution in [0.25, 0.3) is 66.4 Å². The van der Waals surface area contributed by atoms with E-state index in [1.807, 2.05) is 0 Å². The molecule has 0 heterocycles. The molecule has 0 aliphatic heterocycles. The summed E-state index contributed by atoms with van der Waals surface area (Å²) in [5.41, 5.74) is 18.8. The van der Waals surface area contributed by atoms with E-state index in [4.69, 9.17) is 0 Å². The van der Waals surface area contributed by atoms with Crippen LogP contribution in [0.5, 0.6) is 0 Å². The van der Waals surface area contributed by atoms with Crippen LogP contribution in [-0.4, -0.2) is 0 Å². The Morgan fingerprint density at radius 3 is 1.58 bits per heavy atom. The lowest BCUT2D eigenvalue weighted by molar-refractivity contribution is 0.660. The molecule has 10 rings (SSSR count). The first kappa shape index (κ1) is 28.8. The third-order valence-corrected chi connectivity index (χ3v) is 11.0. The van der Waals surface area contributed by atoms with Crippen molar-refractivity contribution in [2.75, 3.05) is 4.90 Å². The third-order valence-electron chi connectivity index (χ3n) is 11.0. The van der Waals surface area contributed by atoms with Crippen molar-refractivity contribution in [3.63, 3.8) is 0 Å². The topological polar surface area (TPSA) is 3.24 Å². The molecule has 0 amide bonds. The Morgan fingerprint density at radius 1 is 0.340 bits per heavy atom. The Morgan fingerprint density at radius 2 is 0.840 bits per heavy atom. The molecule has 0 saturated carbocycles. The summed E-state index contributed by atoms with van der Waals surface area (Å²) in [6.45, 7) is 4.72. The molecule has 1 nitrogen and oxygen atoms in total. The van der Waals surface area contributed by atoms with Gasteiger partial charge in [0.1, 0.15) is 0 Å². The summed E-state index contributed by atoms with van der Waals surface area (Å²) in [5.74, 6) is 0. The Hall–Kier alpha value is -6.18. The van der Waals surface area contributed by atoms with E-state index in [9.17, 15) is 0 Å². The van der Waals surface area contributed by atoms with Crippen LogP contribution in [-0.2, 0) is 5.41 Å². The summed E-state index contributed by atoms with van der Waals surface area (Å²) in [5, 5.41) is 2.58. The zero-order valence-electron chi connectivity index (χ0n) is 28.2. The van der Waals surface area contributed by atoms with Crippen molar-refractivity contribution in [3.8, 4) is 55.6 Å². The molecule has 1 heteroatoms. The number of benzene rings is 8. The average Bonchev–Trinajstić information content (AvgIpc) is 3.32. The fraction of sp³-hybridized carbons (Fsp3) is 0.0612. The van der Waals surface area contributed by atoms with Gasteiger partial charge >= 0.3 is 0 Å². The predicted octanol–water partition coefficient (Wildman–Crippen LogP) is 13.6. The van der Waals surface area contributed by atoms with Gasteiger partial charge in [-0.25, -0.2) is 0 Å². The lowest BCUT2D eigenvalue weighted by atomic mass is 9.82. The van der Waals surface area contributed by atoms with Crippen LogP contribution in [0, 0.1) is 0 Å². The van der Waals surface area contributed by atoms with Crippen LogP contribution in [0.4, 0.5) is 17.1 Å². The first-order chi connectivity index (χ1) is 24.6. The SMILES string of the molecule is CC1(C)c2ccccc2-c2ccc(N(c3ccc(-c4ccccc4)cc3)c3ccc4c(c3)-c3cccc5cccc(c35)-c3ccccc3-4)cc21. The molecule has 8 aromatic carbocycles. The largest absolute Gasteiger partial charge is 0.310 e. The molecule has 0 bridgehead atoms. The van der Waals surface area contributed by atoms with E-state index < -0.39 is 0 Å². The van der Waals surface area contributed by atoms with Crippen molar-refractivity contribution in [2.24, 2.45) is 0 Å². The molecule has 0 spiro atoms. The van der Waals surface area contributed by atoms with Crippen molar-refractivity contribution in [2.45, 2.75) is 19.3 Å². The third kappa shape index (κ3) is 4.27. The summed E-state index contributed by atoms with van der Waals surface area (Å²) in [6.07, 6.45) is 0. The first-order valence-corrected chi connectivity index (χ1v) is 17.5. The number of anilines is 3. The molecule has 50 heavy (non-hydrogen) atoms. The van der Waals surface area contributed by atoms with E-state index in [2.05, 4.69) is 195 Å². The van der Waals surface area contributed by atoms with Crippen molar-refractivity contribution in [3.05, 3.63) is 187 Å². The molecule has 8 aromatic rings. The fourth-order valence-corrected chi connectivity index (χ4v) is 8.58. The van der Waals surface area contributed by atoms with Gasteiger partial charge < -0.3 is 4.90 Å².